The highest BCUT2D eigenvalue weighted by Gasteiger charge is 2.56. The van der Waals surface area contributed by atoms with Crippen molar-refractivity contribution >= 4 is 23.3 Å². The van der Waals surface area contributed by atoms with Crippen molar-refractivity contribution in [3.8, 4) is 0 Å². The second-order valence-corrected chi connectivity index (χ2v) is 6.13. The van der Waals surface area contributed by atoms with Crippen molar-refractivity contribution in [3.05, 3.63) is 41.2 Å². The van der Waals surface area contributed by atoms with E-state index in [2.05, 4.69) is 15.8 Å². The first-order chi connectivity index (χ1) is 10.9. The second-order valence-electron chi connectivity index (χ2n) is 6.13. The molecule has 23 heavy (non-hydrogen) atoms. The molecule has 1 aromatic carbocycles. The molecule has 1 aromatic heterocycles. The smallest absolute Gasteiger partial charge is 0.241 e. The molecule has 2 aromatic rings. The van der Waals surface area contributed by atoms with Crippen molar-refractivity contribution in [1.82, 2.24) is 5.16 Å². The third-order valence-electron chi connectivity index (χ3n) is 4.13. The standard InChI is InChI=1S/C17H19N3O3/c1-10-4-5-11(2)13(8-10)18-15(21)17(6-7-17)16(22)19-14-9-12(3)23-20-14/h4-5,8-9H,6-7H2,1-3H3,(H,18,21)(H,19,20,22). The number of carbonyl (C=O) groups excluding carboxylic acids is 2. The van der Waals surface area contributed by atoms with Gasteiger partial charge in [0.25, 0.3) is 0 Å². The second kappa shape index (κ2) is 5.53. The molecule has 0 radical (unpaired) electrons. The summed E-state index contributed by atoms with van der Waals surface area (Å²) >= 11 is 0. The first-order valence-electron chi connectivity index (χ1n) is 7.54. The van der Waals surface area contributed by atoms with Crippen LogP contribution in [-0.2, 0) is 9.59 Å². The number of hydrogen-bond donors (Lipinski definition) is 2. The molecule has 1 aliphatic carbocycles. The number of nitrogens with one attached hydrogen (secondary N) is 2. The molecule has 1 heterocycles. The van der Waals surface area contributed by atoms with Gasteiger partial charge in [-0.3, -0.25) is 9.59 Å². The minimum absolute atomic E-state index is 0.274. The van der Waals surface area contributed by atoms with Crippen molar-refractivity contribution in [3.63, 3.8) is 0 Å². The maximum atomic E-state index is 12.6. The van der Waals surface area contributed by atoms with E-state index in [-0.39, 0.29) is 11.8 Å². The predicted molar refractivity (Wildman–Crippen MR) is 86.1 cm³/mol. The molecule has 2 N–H and O–H groups in total. The van der Waals surface area contributed by atoms with Crippen LogP contribution in [0.15, 0.2) is 28.8 Å². The molecule has 1 fully saturated rings. The quantitative estimate of drug-likeness (QED) is 0.850. The highest BCUT2D eigenvalue weighted by Crippen LogP contribution is 2.47. The molecule has 1 saturated carbocycles. The summed E-state index contributed by atoms with van der Waals surface area (Å²) in [5.41, 5.74) is 1.75. The number of rotatable bonds is 4. The van der Waals surface area contributed by atoms with Gasteiger partial charge in [0.2, 0.25) is 11.8 Å². The zero-order valence-electron chi connectivity index (χ0n) is 13.4. The van der Waals surface area contributed by atoms with Crippen LogP contribution in [0.5, 0.6) is 0 Å². The van der Waals surface area contributed by atoms with Crippen LogP contribution in [0.2, 0.25) is 0 Å². The van der Waals surface area contributed by atoms with Crippen molar-refractivity contribution in [2.75, 3.05) is 10.6 Å². The molecule has 6 heteroatoms. The average molecular weight is 313 g/mol. The van der Waals surface area contributed by atoms with Crippen LogP contribution in [-0.4, -0.2) is 17.0 Å². The first-order valence-corrected chi connectivity index (χ1v) is 7.54. The number of hydrogen-bond acceptors (Lipinski definition) is 4. The lowest BCUT2D eigenvalue weighted by atomic mass is 10.0. The van der Waals surface area contributed by atoms with Crippen molar-refractivity contribution in [2.24, 2.45) is 5.41 Å². The summed E-state index contributed by atoms with van der Waals surface area (Å²) in [6, 6.07) is 7.46. The monoisotopic (exact) mass is 313 g/mol. The van der Waals surface area contributed by atoms with Crippen LogP contribution >= 0.6 is 0 Å². The van der Waals surface area contributed by atoms with Crippen molar-refractivity contribution in [1.29, 1.82) is 0 Å². The average Bonchev–Trinajstić information content (AvgIpc) is 3.22. The molecule has 3 rings (SSSR count). The highest BCUT2D eigenvalue weighted by atomic mass is 16.5. The number of aryl methyl sites for hydroxylation is 3. The third-order valence-corrected chi connectivity index (χ3v) is 4.13. The van der Waals surface area contributed by atoms with E-state index in [1.54, 1.807) is 13.0 Å². The lowest BCUT2D eigenvalue weighted by Gasteiger charge is -2.16. The zero-order chi connectivity index (χ0) is 16.6. The maximum Gasteiger partial charge on any atom is 0.241 e. The van der Waals surface area contributed by atoms with E-state index >= 15 is 0 Å². The molecule has 0 bridgehead atoms. The minimum Gasteiger partial charge on any atom is -0.360 e. The third kappa shape index (κ3) is 2.97. The SMILES string of the molecule is Cc1ccc(C)c(NC(=O)C2(C(=O)Nc3cc(C)on3)CC2)c1. The largest absolute Gasteiger partial charge is 0.360 e. The molecule has 0 aliphatic heterocycles. The van der Waals surface area contributed by atoms with Gasteiger partial charge in [0.05, 0.1) is 0 Å². The Labute approximate surface area is 134 Å². The highest BCUT2D eigenvalue weighted by molar-refractivity contribution is 6.16. The van der Waals surface area contributed by atoms with Gasteiger partial charge in [-0.05, 0) is 50.8 Å². The molecule has 2 amide bonds. The molecular weight excluding hydrogens is 294 g/mol. The minimum atomic E-state index is -1.01. The fourth-order valence-electron chi connectivity index (χ4n) is 2.46. The summed E-state index contributed by atoms with van der Waals surface area (Å²) in [4.78, 5) is 25.0. The Morgan fingerprint density at radius 2 is 1.78 bits per heavy atom. The summed E-state index contributed by atoms with van der Waals surface area (Å²) in [6.07, 6.45) is 1.07. The summed E-state index contributed by atoms with van der Waals surface area (Å²) in [6.45, 7) is 5.62. The maximum absolute atomic E-state index is 12.6. The van der Waals surface area contributed by atoms with Gasteiger partial charge in [0.1, 0.15) is 11.2 Å². The van der Waals surface area contributed by atoms with E-state index in [0.29, 0.717) is 24.4 Å². The molecule has 6 nitrogen and oxygen atoms in total. The summed E-state index contributed by atoms with van der Waals surface area (Å²) in [7, 11) is 0. The van der Waals surface area contributed by atoms with Gasteiger partial charge in [-0.25, -0.2) is 0 Å². The Kier molecular flexibility index (Phi) is 3.67. The van der Waals surface area contributed by atoms with E-state index in [0.717, 1.165) is 16.8 Å². The number of nitrogens with zero attached hydrogens (tertiary/aromatic N) is 1. The van der Waals surface area contributed by atoms with Gasteiger partial charge < -0.3 is 15.2 Å². The Bertz CT molecular complexity index is 775. The van der Waals surface area contributed by atoms with E-state index < -0.39 is 5.41 Å². The molecule has 1 aliphatic rings. The van der Waals surface area contributed by atoms with Gasteiger partial charge in [-0.1, -0.05) is 17.3 Å². The molecular formula is C17H19N3O3. The van der Waals surface area contributed by atoms with E-state index in [9.17, 15) is 9.59 Å². The van der Waals surface area contributed by atoms with Crippen LogP contribution in [0.1, 0.15) is 29.7 Å². The van der Waals surface area contributed by atoms with Crippen LogP contribution < -0.4 is 10.6 Å². The lowest BCUT2D eigenvalue weighted by Crippen LogP contribution is -2.35. The Balaban J connectivity index is 1.73. The summed E-state index contributed by atoms with van der Waals surface area (Å²) in [5, 5.41) is 9.26. The van der Waals surface area contributed by atoms with E-state index in [4.69, 9.17) is 4.52 Å². The number of aromatic nitrogens is 1. The first kappa shape index (κ1) is 15.3. The Morgan fingerprint density at radius 1 is 1.09 bits per heavy atom. The predicted octanol–water partition coefficient (Wildman–Crippen LogP) is 2.96. The lowest BCUT2D eigenvalue weighted by molar-refractivity contribution is -0.131. The topological polar surface area (TPSA) is 84.2 Å². The number of amides is 2. The van der Waals surface area contributed by atoms with Crippen LogP contribution in [0, 0.1) is 26.2 Å². The van der Waals surface area contributed by atoms with Crippen molar-refractivity contribution in [2.45, 2.75) is 33.6 Å². The van der Waals surface area contributed by atoms with Crippen LogP contribution in [0.4, 0.5) is 11.5 Å². The van der Waals surface area contributed by atoms with E-state index in [1.807, 2.05) is 32.0 Å². The molecule has 0 saturated heterocycles. The zero-order valence-corrected chi connectivity index (χ0v) is 13.4. The molecule has 0 spiro atoms. The van der Waals surface area contributed by atoms with Gasteiger partial charge in [0, 0.05) is 11.8 Å². The normalized spacial score (nSPS) is 15.1. The number of benzene rings is 1. The molecule has 0 unspecified atom stereocenters. The van der Waals surface area contributed by atoms with E-state index in [1.165, 1.54) is 0 Å². The van der Waals surface area contributed by atoms with Gasteiger partial charge in [-0.2, -0.15) is 0 Å². The van der Waals surface area contributed by atoms with Gasteiger partial charge in [0.15, 0.2) is 5.82 Å². The fourth-order valence-corrected chi connectivity index (χ4v) is 2.46. The Morgan fingerprint density at radius 3 is 2.39 bits per heavy atom. The molecule has 120 valence electrons. The Hall–Kier alpha value is -2.63. The van der Waals surface area contributed by atoms with Crippen molar-refractivity contribution < 1.29 is 14.1 Å². The summed E-state index contributed by atoms with van der Waals surface area (Å²) in [5.74, 6) is 0.320. The summed E-state index contributed by atoms with van der Waals surface area (Å²) < 4.78 is 4.92. The number of carbonyl (C=O) groups is 2. The fraction of sp³-hybridized carbons (Fsp3) is 0.353. The van der Waals surface area contributed by atoms with Crippen LogP contribution in [0.25, 0.3) is 0 Å². The van der Waals surface area contributed by atoms with Gasteiger partial charge in [-0.15, -0.1) is 0 Å². The number of anilines is 2. The molecule has 0 atom stereocenters. The van der Waals surface area contributed by atoms with Crippen LogP contribution in [0.3, 0.4) is 0 Å². The van der Waals surface area contributed by atoms with Gasteiger partial charge >= 0.3 is 0 Å².